The minimum atomic E-state index is -0.927. The first-order valence-corrected chi connectivity index (χ1v) is 8.64. The van der Waals surface area contributed by atoms with Crippen LogP contribution in [0.25, 0.3) is 22.6 Å². The Morgan fingerprint density at radius 3 is 2.75 bits per heavy atom. The Labute approximate surface area is 158 Å². The van der Waals surface area contributed by atoms with Crippen molar-refractivity contribution in [3.05, 3.63) is 42.1 Å². The Hall–Kier alpha value is -3.82. The Morgan fingerprint density at radius 2 is 2.07 bits per heavy atom. The summed E-state index contributed by atoms with van der Waals surface area (Å²) in [4.78, 5) is 31.0. The van der Waals surface area contributed by atoms with Gasteiger partial charge >= 0.3 is 6.09 Å². The van der Waals surface area contributed by atoms with E-state index < -0.39 is 24.1 Å². The van der Waals surface area contributed by atoms with E-state index in [0.717, 1.165) is 22.4 Å². The van der Waals surface area contributed by atoms with Gasteiger partial charge in [-0.15, -0.1) is 10.2 Å². The first-order chi connectivity index (χ1) is 13.5. The molecule has 10 nitrogen and oxygen atoms in total. The molecule has 2 N–H and O–H groups in total. The van der Waals surface area contributed by atoms with Crippen molar-refractivity contribution in [3.63, 3.8) is 0 Å². The van der Waals surface area contributed by atoms with Crippen LogP contribution < -0.4 is 10.6 Å². The van der Waals surface area contributed by atoms with E-state index in [1.807, 2.05) is 30.3 Å². The predicted molar refractivity (Wildman–Crippen MR) is 96.9 cm³/mol. The van der Waals surface area contributed by atoms with Crippen LogP contribution in [0.5, 0.6) is 0 Å². The second-order valence-corrected chi connectivity index (χ2v) is 6.73. The average molecular weight is 377 g/mol. The van der Waals surface area contributed by atoms with Crippen LogP contribution in [-0.4, -0.2) is 49.3 Å². The van der Waals surface area contributed by atoms with Gasteiger partial charge in [-0.1, -0.05) is 12.1 Å². The van der Waals surface area contributed by atoms with E-state index in [-0.39, 0.29) is 0 Å². The van der Waals surface area contributed by atoms with Gasteiger partial charge in [0.25, 0.3) is 5.91 Å². The van der Waals surface area contributed by atoms with Crippen LogP contribution in [0.15, 0.2) is 36.5 Å². The van der Waals surface area contributed by atoms with Crippen LogP contribution >= 0.6 is 0 Å². The maximum atomic E-state index is 12.1. The Kier molecular flexibility index (Phi) is 3.41. The number of carbonyl (C=O) groups is 2. The molecule has 2 atom stereocenters. The largest absolute Gasteiger partial charge is 0.433 e. The molecular weight excluding hydrogens is 362 g/mol. The zero-order valence-electron chi connectivity index (χ0n) is 14.8. The highest BCUT2D eigenvalue weighted by molar-refractivity contribution is 5.99. The highest BCUT2D eigenvalue weighted by Crippen LogP contribution is 2.40. The summed E-state index contributed by atoms with van der Waals surface area (Å²) in [5.41, 5.74) is 9.57. The first-order valence-electron chi connectivity index (χ1n) is 8.64. The number of fused-ring (bicyclic) bond motifs is 3. The molecule has 2 amide bonds. The molecule has 1 aromatic carbocycles. The molecule has 0 saturated carbocycles. The highest BCUT2D eigenvalue weighted by atomic mass is 16.6. The number of ether oxygens (including phenoxy) is 1. The fraction of sp³-hybridized carbons (Fsp3) is 0.222. The summed E-state index contributed by atoms with van der Waals surface area (Å²) in [6, 6.07) is 9.13. The number of amides is 2. The van der Waals surface area contributed by atoms with Gasteiger partial charge in [0.2, 0.25) is 11.9 Å². The highest BCUT2D eigenvalue weighted by Gasteiger charge is 2.49. The monoisotopic (exact) mass is 377 g/mol. The third-order valence-corrected chi connectivity index (χ3v) is 4.99. The van der Waals surface area contributed by atoms with Crippen LogP contribution in [0.3, 0.4) is 0 Å². The van der Waals surface area contributed by atoms with Crippen LogP contribution in [0, 0.1) is 0 Å². The number of anilines is 1. The predicted octanol–water partition coefficient (Wildman–Crippen LogP) is 0.674. The quantitative estimate of drug-likeness (QED) is 0.710. The molecule has 0 aliphatic carbocycles. The molecule has 140 valence electrons. The van der Waals surface area contributed by atoms with Gasteiger partial charge in [0.05, 0.1) is 18.8 Å². The first kappa shape index (κ1) is 16.4. The normalized spacial score (nSPS) is 20.0. The number of tetrazole rings is 1. The van der Waals surface area contributed by atoms with E-state index in [9.17, 15) is 9.59 Å². The van der Waals surface area contributed by atoms with Gasteiger partial charge < -0.3 is 10.5 Å². The Bertz CT molecular complexity index is 1110. The summed E-state index contributed by atoms with van der Waals surface area (Å²) in [6.07, 6.45) is 0.785. The maximum Gasteiger partial charge on any atom is 0.415 e. The minimum Gasteiger partial charge on any atom is -0.433 e. The molecule has 1 fully saturated rings. The third-order valence-electron chi connectivity index (χ3n) is 4.99. The van der Waals surface area contributed by atoms with Crippen LogP contribution in [0.4, 0.5) is 10.5 Å². The topological polar surface area (TPSA) is 129 Å². The van der Waals surface area contributed by atoms with Crippen molar-refractivity contribution in [1.82, 2.24) is 25.2 Å². The summed E-state index contributed by atoms with van der Waals surface area (Å²) >= 11 is 0. The summed E-state index contributed by atoms with van der Waals surface area (Å²) < 4.78 is 5.10. The lowest BCUT2D eigenvalue weighted by atomic mass is 10.0. The number of nitrogens with zero attached hydrogens (tertiary/aromatic N) is 6. The molecule has 2 aliphatic heterocycles. The second-order valence-electron chi connectivity index (χ2n) is 6.73. The SMILES string of the molecule is Cn1nnc(-c2ccc(-c3ccc4c(c3)C[C@H]3[C@H](C(N)=O)OC(=O)N43)cn2)n1. The van der Waals surface area contributed by atoms with E-state index in [0.29, 0.717) is 17.9 Å². The van der Waals surface area contributed by atoms with Crippen molar-refractivity contribution in [2.75, 3.05) is 4.90 Å². The summed E-state index contributed by atoms with van der Waals surface area (Å²) in [5.74, 6) is -0.175. The van der Waals surface area contributed by atoms with Gasteiger partial charge in [-0.05, 0) is 41.0 Å². The van der Waals surface area contributed by atoms with Gasteiger partial charge in [-0.3, -0.25) is 14.7 Å². The van der Waals surface area contributed by atoms with Gasteiger partial charge in [0, 0.05) is 11.8 Å². The van der Waals surface area contributed by atoms with Gasteiger partial charge in [0.1, 0.15) is 5.69 Å². The fourth-order valence-electron chi connectivity index (χ4n) is 3.71. The molecule has 1 saturated heterocycles. The molecule has 5 rings (SSSR count). The molecule has 10 heteroatoms. The van der Waals surface area contributed by atoms with E-state index in [4.69, 9.17) is 10.5 Å². The zero-order chi connectivity index (χ0) is 19.4. The van der Waals surface area contributed by atoms with E-state index in [1.54, 1.807) is 13.2 Å². The molecule has 2 aromatic heterocycles. The van der Waals surface area contributed by atoms with Gasteiger partial charge in [0.15, 0.2) is 0 Å². The number of aryl methyl sites for hydroxylation is 1. The molecule has 3 aromatic rings. The molecular formula is C18H15N7O3. The smallest absolute Gasteiger partial charge is 0.415 e. The van der Waals surface area contributed by atoms with E-state index in [2.05, 4.69) is 20.4 Å². The molecule has 28 heavy (non-hydrogen) atoms. The molecule has 0 bridgehead atoms. The van der Waals surface area contributed by atoms with E-state index in [1.165, 1.54) is 9.70 Å². The standard InChI is InChI=1S/C18H15N7O3/c1-24-22-17(21-23-24)12-4-2-10(8-20-12)9-3-5-13-11(6-9)7-14-15(16(19)26)28-18(27)25(13)14/h2-6,8,14-15H,7H2,1H3,(H2,19,26)/t14-,15+/m0/s1. The lowest BCUT2D eigenvalue weighted by molar-refractivity contribution is -0.125. The molecule has 2 aliphatic rings. The second kappa shape index (κ2) is 5.84. The van der Waals surface area contributed by atoms with Crippen molar-refractivity contribution >= 4 is 17.7 Å². The number of pyridine rings is 1. The van der Waals surface area contributed by atoms with Crippen molar-refractivity contribution in [3.8, 4) is 22.6 Å². The van der Waals surface area contributed by atoms with E-state index >= 15 is 0 Å². The average Bonchev–Trinajstić information content (AvgIpc) is 3.36. The number of rotatable bonds is 3. The number of cyclic esters (lactones) is 1. The van der Waals surface area contributed by atoms with Gasteiger partial charge in [-0.25, -0.2) is 4.79 Å². The number of hydrogen-bond donors (Lipinski definition) is 1. The molecule has 4 heterocycles. The zero-order valence-corrected chi connectivity index (χ0v) is 14.8. The molecule has 0 spiro atoms. The van der Waals surface area contributed by atoms with Crippen molar-refractivity contribution in [1.29, 1.82) is 0 Å². The minimum absolute atomic E-state index is 0.390. The third kappa shape index (κ3) is 2.42. The molecule has 0 unspecified atom stereocenters. The Balaban J connectivity index is 1.45. The number of hydrogen-bond acceptors (Lipinski definition) is 7. The number of primary amides is 1. The van der Waals surface area contributed by atoms with Gasteiger partial charge in [-0.2, -0.15) is 4.80 Å². The number of benzene rings is 1. The summed E-state index contributed by atoms with van der Waals surface area (Å²) in [5, 5.41) is 11.9. The molecule has 0 radical (unpaired) electrons. The lowest BCUT2D eigenvalue weighted by Crippen LogP contribution is -2.40. The van der Waals surface area contributed by atoms with Crippen LogP contribution in [-0.2, 0) is 23.0 Å². The van der Waals surface area contributed by atoms with Crippen LogP contribution in [0.1, 0.15) is 5.56 Å². The van der Waals surface area contributed by atoms with Crippen molar-refractivity contribution in [2.24, 2.45) is 12.8 Å². The van der Waals surface area contributed by atoms with Crippen LogP contribution in [0.2, 0.25) is 0 Å². The van der Waals surface area contributed by atoms with Crippen molar-refractivity contribution in [2.45, 2.75) is 18.6 Å². The summed E-state index contributed by atoms with van der Waals surface area (Å²) in [6.45, 7) is 0. The maximum absolute atomic E-state index is 12.1. The van der Waals surface area contributed by atoms with Crippen molar-refractivity contribution < 1.29 is 14.3 Å². The Morgan fingerprint density at radius 1 is 1.25 bits per heavy atom. The fourth-order valence-corrected chi connectivity index (χ4v) is 3.71. The number of aromatic nitrogens is 5. The number of nitrogens with two attached hydrogens (primary N) is 1. The lowest BCUT2D eigenvalue weighted by Gasteiger charge is -2.14. The summed E-state index contributed by atoms with van der Waals surface area (Å²) in [7, 11) is 1.69. The number of carbonyl (C=O) groups excluding carboxylic acids is 2.